The van der Waals surface area contributed by atoms with E-state index in [1.165, 1.54) is 61.0 Å². The Kier molecular flexibility index (Phi) is 3.89. The first-order valence-corrected chi connectivity index (χ1v) is 10.8. The van der Waals surface area contributed by atoms with Gasteiger partial charge in [-0.2, -0.15) is 0 Å². The van der Waals surface area contributed by atoms with E-state index in [1.54, 1.807) is 0 Å². The van der Waals surface area contributed by atoms with Crippen LogP contribution in [0, 0.1) is 0 Å². The first kappa shape index (κ1) is 17.1. The molecular weight excluding hydrogens is 372 g/mol. The third kappa shape index (κ3) is 2.59. The molecule has 0 nitrogen and oxygen atoms in total. The zero-order valence-electron chi connectivity index (χ0n) is 16.2. The third-order valence-corrected chi connectivity index (χ3v) is 6.96. The number of hydrogen-bond donors (Lipinski definition) is 0. The molecule has 0 saturated heterocycles. The van der Waals surface area contributed by atoms with E-state index in [1.807, 2.05) is 0 Å². The van der Waals surface area contributed by atoms with E-state index >= 15 is 0 Å². The molecule has 0 aliphatic heterocycles. The number of hydrogen-bond acceptors (Lipinski definition) is 0. The topological polar surface area (TPSA) is 0 Å². The summed E-state index contributed by atoms with van der Waals surface area (Å²) in [6.45, 7) is 0. The van der Waals surface area contributed by atoms with E-state index < -0.39 is 0 Å². The second kappa shape index (κ2) is 6.61. The number of halogens is 1. The summed E-state index contributed by atoms with van der Waals surface area (Å²) in [5.74, 6) is 0. The summed E-state index contributed by atoms with van der Waals surface area (Å²) in [7, 11) is 0. The zero-order valence-corrected chi connectivity index (χ0v) is 16.9. The minimum Gasteiger partial charge on any atom is -0.118 e. The summed E-state index contributed by atoms with van der Waals surface area (Å²) >= 11 is 6.63. The maximum absolute atomic E-state index is 6.63. The van der Waals surface area contributed by atoms with Crippen molar-refractivity contribution in [3.8, 4) is 11.1 Å². The first-order chi connectivity index (χ1) is 14.3. The van der Waals surface area contributed by atoms with Crippen molar-refractivity contribution >= 4 is 43.9 Å². The van der Waals surface area contributed by atoms with Crippen molar-refractivity contribution in [2.24, 2.45) is 0 Å². The van der Waals surface area contributed by atoms with Gasteiger partial charge in [0.2, 0.25) is 0 Å². The normalized spacial score (nSPS) is 16.4. The Bertz CT molecular complexity index is 1390. The Hall–Kier alpha value is -2.83. The molecule has 5 aromatic carbocycles. The lowest BCUT2D eigenvalue weighted by Crippen LogP contribution is -2.05. The van der Waals surface area contributed by atoms with Crippen LogP contribution in [0.2, 0.25) is 0 Å². The van der Waals surface area contributed by atoms with E-state index in [2.05, 4.69) is 84.9 Å². The maximum atomic E-state index is 6.63. The van der Waals surface area contributed by atoms with Crippen LogP contribution in [-0.4, -0.2) is 0 Å². The fourth-order valence-electron chi connectivity index (χ4n) is 5.13. The number of alkyl halides is 1. The second-order valence-electron chi connectivity index (χ2n) is 8.08. The summed E-state index contributed by atoms with van der Waals surface area (Å²) in [6.07, 6.45) is 3.39. The van der Waals surface area contributed by atoms with Crippen molar-refractivity contribution in [3.05, 3.63) is 96.1 Å². The van der Waals surface area contributed by atoms with Crippen molar-refractivity contribution in [1.82, 2.24) is 0 Å². The molecule has 29 heavy (non-hydrogen) atoms. The van der Waals surface area contributed by atoms with Crippen LogP contribution in [0.1, 0.15) is 29.3 Å². The molecule has 1 aliphatic rings. The minimum absolute atomic E-state index is 0.154. The predicted molar refractivity (Wildman–Crippen MR) is 126 cm³/mol. The van der Waals surface area contributed by atoms with Gasteiger partial charge in [0.05, 0.1) is 5.38 Å². The highest BCUT2D eigenvalue weighted by atomic mass is 35.5. The predicted octanol–water partition coefficient (Wildman–Crippen LogP) is 8.43. The average molecular weight is 393 g/mol. The SMILES string of the molecule is ClC1CCCc2c1ccc1c2ccc2c(-c3cccc4ccccc34)cccc21. The molecule has 6 rings (SSSR count). The van der Waals surface area contributed by atoms with E-state index in [0.29, 0.717) is 0 Å². The van der Waals surface area contributed by atoms with Crippen LogP contribution >= 0.6 is 11.6 Å². The highest BCUT2D eigenvalue weighted by molar-refractivity contribution is 6.21. The molecule has 1 atom stereocenters. The molecule has 1 unspecified atom stereocenters. The van der Waals surface area contributed by atoms with Gasteiger partial charge in [-0.15, -0.1) is 11.6 Å². The van der Waals surface area contributed by atoms with Crippen molar-refractivity contribution < 1.29 is 0 Å². The molecule has 0 bridgehead atoms. The molecular formula is C28H21Cl. The van der Waals surface area contributed by atoms with Crippen molar-refractivity contribution in [2.45, 2.75) is 24.6 Å². The van der Waals surface area contributed by atoms with Gasteiger partial charge in [0.15, 0.2) is 0 Å². The monoisotopic (exact) mass is 392 g/mol. The molecule has 1 aliphatic carbocycles. The van der Waals surface area contributed by atoms with Crippen LogP contribution in [0.25, 0.3) is 43.4 Å². The molecule has 5 aromatic rings. The van der Waals surface area contributed by atoms with Crippen LogP contribution in [0.4, 0.5) is 0 Å². The Morgan fingerprint density at radius 1 is 0.586 bits per heavy atom. The van der Waals surface area contributed by atoms with Crippen LogP contribution in [0.3, 0.4) is 0 Å². The maximum Gasteiger partial charge on any atom is 0.0588 e. The molecule has 0 aromatic heterocycles. The van der Waals surface area contributed by atoms with Gasteiger partial charge in [0.25, 0.3) is 0 Å². The molecule has 140 valence electrons. The second-order valence-corrected chi connectivity index (χ2v) is 8.61. The standard InChI is InChI=1S/C28H21Cl/c29-28-13-5-12-23-26-15-14-24-21(10-4-11-22(24)25(26)16-17-27(23)28)20-9-3-7-18-6-1-2-8-19(18)20/h1-4,6-11,14-17,28H,5,12-13H2. The van der Waals surface area contributed by atoms with Gasteiger partial charge in [-0.05, 0) is 73.8 Å². The number of benzene rings is 5. The number of rotatable bonds is 1. The lowest BCUT2D eigenvalue weighted by atomic mass is 9.85. The van der Waals surface area contributed by atoms with E-state index in [4.69, 9.17) is 11.6 Å². The molecule has 0 amide bonds. The Labute approximate surface area is 175 Å². The van der Waals surface area contributed by atoms with Crippen molar-refractivity contribution in [1.29, 1.82) is 0 Å². The molecule has 0 N–H and O–H groups in total. The summed E-state index contributed by atoms with van der Waals surface area (Å²) in [5.41, 5.74) is 5.38. The lowest BCUT2D eigenvalue weighted by Gasteiger charge is -2.23. The van der Waals surface area contributed by atoms with Crippen LogP contribution in [-0.2, 0) is 6.42 Å². The highest BCUT2D eigenvalue weighted by Gasteiger charge is 2.20. The molecule has 0 fully saturated rings. The van der Waals surface area contributed by atoms with E-state index in [9.17, 15) is 0 Å². The van der Waals surface area contributed by atoms with E-state index in [0.717, 1.165) is 12.8 Å². The fraction of sp³-hybridized carbons (Fsp3) is 0.143. The Morgan fingerprint density at radius 2 is 1.24 bits per heavy atom. The summed E-state index contributed by atoms with van der Waals surface area (Å²) in [4.78, 5) is 0. The Morgan fingerprint density at radius 3 is 2.17 bits per heavy atom. The van der Waals surface area contributed by atoms with Gasteiger partial charge in [-0.1, -0.05) is 84.9 Å². The van der Waals surface area contributed by atoms with Gasteiger partial charge in [-0.3, -0.25) is 0 Å². The largest absolute Gasteiger partial charge is 0.118 e. The van der Waals surface area contributed by atoms with Crippen LogP contribution < -0.4 is 0 Å². The lowest BCUT2D eigenvalue weighted by molar-refractivity contribution is 0.672. The number of aryl methyl sites for hydroxylation is 1. The molecule has 0 saturated carbocycles. The van der Waals surface area contributed by atoms with Gasteiger partial charge in [-0.25, -0.2) is 0 Å². The summed E-state index contributed by atoms with van der Waals surface area (Å²) in [6, 6.07) is 31.1. The van der Waals surface area contributed by atoms with E-state index in [-0.39, 0.29) is 5.38 Å². The third-order valence-electron chi connectivity index (χ3n) is 6.51. The van der Waals surface area contributed by atoms with Gasteiger partial charge in [0, 0.05) is 0 Å². The van der Waals surface area contributed by atoms with Crippen LogP contribution in [0.5, 0.6) is 0 Å². The molecule has 0 heterocycles. The molecule has 0 radical (unpaired) electrons. The zero-order chi connectivity index (χ0) is 19.4. The van der Waals surface area contributed by atoms with Gasteiger partial charge in [0.1, 0.15) is 0 Å². The van der Waals surface area contributed by atoms with Gasteiger partial charge >= 0.3 is 0 Å². The first-order valence-electron chi connectivity index (χ1n) is 10.4. The van der Waals surface area contributed by atoms with Crippen molar-refractivity contribution in [2.75, 3.05) is 0 Å². The molecule has 0 spiro atoms. The highest BCUT2D eigenvalue weighted by Crippen LogP contribution is 2.41. The smallest absolute Gasteiger partial charge is 0.0588 e. The summed E-state index contributed by atoms with van der Waals surface area (Å²) < 4.78 is 0. The number of fused-ring (bicyclic) bond motifs is 6. The quantitative estimate of drug-likeness (QED) is 0.198. The van der Waals surface area contributed by atoms with Gasteiger partial charge < -0.3 is 0 Å². The van der Waals surface area contributed by atoms with Crippen LogP contribution in [0.15, 0.2) is 84.9 Å². The average Bonchev–Trinajstić information content (AvgIpc) is 2.78. The Balaban J connectivity index is 1.67. The molecule has 1 heteroatoms. The fourth-order valence-corrected chi connectivity index (χ4v) is 5.49. The minimum atomic E-state index is 0.154. The summed E-state index contributed by atoms with van der Waals surface area (Å²) in [5, 5.41) is 8.09. The van der Waals surface area contributed by atoms with Crippen molar-refractivity contribution in [3.63, 3.8) is 0 Å².